The van der Waals surface area contributed by atoms with Gasteiger partial charge >= 0.3 is 0 Å². The van der Waals surface area contributed by atoms with E-state index in [1.807, 2.05) is 12.1 Å². The van der Waals surface area contributed by atoms with Gasteiger partial charge in [-0.2, -0.15) is 0 Å². The minimum atomic E-state index is -0.0264. The van der Waals surface area contributed by atoms with Crippen LogP contribution in [0, 0.1) is 0 Å². The lowest BCUT2D eigenvalue weighted by Gasteiger charge is -2.18. The van der Waals surface area contributed by atoms with Gasteiger partial charge in [-0.25, -0.2) is 4.99 Å². The summed E-state index contributed by atoms with van der Waals surface area (Å²) in [5, 5.41) is 6.37. The molecule has 0 fully saturated rings. The monoisotopic (exact) mass is 508 g/mol. The number of benzene rings is 1. The van der Waals surface area contributed by atoms with Crippen LogP contribution >= 0.6 is 24.0 Å². The van der Waals surface area contributed by atoms with Gasteiger partial charge < -0.3 is 29.7 Å². The zero-order valence-electron chi connectivity index (χ0n) is 17.8. The normalized spacial score (nSPS) is 11.8. The number of methoxy groups -OCH3 is 3. The van der Waals surface area contributed by atoms with Crippen LogP contribution < -0.4 is 24.8 Å². The first kappa shape index (κ1) is 26.1. The highest BCUT2D eigenvalue weighted by Gasteiger charge is 2.13. The molecule has 0 saturated heterocycles. The minimum absolute atomic E-state index is 0. The molecule has 1 rings (SSSR count). The van der Waals surface area contributed by atoms with Crippen LogP contribution in [0.5, 0.6) is 17.2 Å². The number of carbonyl (C=O) groups is 1. The highest BCUT2D eigenvalue weighted by atomic mass is 127. The minimum Gasteiger partial charge on any atom is -0.493 e. The molecule has 9 heteroatoms. The first-order valence-electron chi connectivity index (χ1n) is 8.90. The Bertz CT molecular complexity index is 628. The van der Waals surface area contributed by atoms with Crippen LogP contribution in [0.3, 0.4) is 0 Å². The van der Waals surface area contributed by atoms with Crippen molar-refractivity contribution in [2.45, 2.75) is 32.9 Å². The second-order valence-corrected chi connectivity index (χ2v) is 6.29. The molecule has 0 heterocycles. The molecule has 0 bridgehead atoms. The van der Waals surface area contributed by atoms with E-state index in [9.17, 15) is 4.79 Å². The Labute approximate surface area is 185 Å². The highest BCUT2D eigenvalue weighted by molar-refractivity contribution is 14.0. The van der Waals surface area contributed by atoms with Gasteiger partial charge in [0.25, 0.3) is 0 Å². The largest absolute Gasteiger partial charge is 0.493 e. The molecule has 0 aromatic heterocycles. The molecule has 0 spiro atoms. The van der Waals surface area contributed by atoms with Crippen molar-refractivity contribution in [2.24, 2.45) is 4.99 Å². The fourth-order valence-electron chi connectivity index (χ4n) is 2.20. The third kappa shape index (κ3) is 7.99. The third-order valence-corrected chi connectivity index (χ3v) is 4.05. The maximum absolute atomic E-state index is 11.8. The summed E-state index contributed by atoms with van der Waals surface area (Å²) in [6, 6.07) is 3.94. The number of likely N-dealkylation sites (N-methyl/N-ethyl adjacent to an activating group) is 1. The predicted molar refractivity (Wildman–Crippen MR) is 122 cm³/mol. The highest BCUT2D eigenvalue weighted by Crippen LogP contribution is 2.38. The maximum atomic E-state index is 11.8. The van der Waals surface area contributed by atoms with E-state index in [0.29, 0.717) is 29.8 Å². The number of hydrogen-bond acceptors (Lipinski definition) is 5. The molecule has 1 unspecified atom stereocenters. The van der Waals surface area contributed by atoms with E-state index in [-0.39, 0.29) is 42.5 Å². The van der Waals surface area contributed by atoms with Crippen molar-refractivity contribution < 1.29 is 19.0 Å². The zero-order chi connectivity index (χ0) is 20.4. The Morgan fingerprint density at radius 3 is 2.14 bits per heavy atom. The smallest absolute Gasteiger partial charge is 0.241 e. The van der Waals surface area contributed by atoms with Gasteiger partial charge in [-0.05, 0) is 31.0 Å². The number of carbonyl (C=O) groups excluding carboxylic acids is 1. The average molecular weight is 508 g/mol. The summed E-state index contributed by atoms with van der Waals surface area (Å²) in [5.41, 5.74) is 0.897. The Morgan fingerprint density at radius 2 is 1.71 bits per heavy atom. The molecule has 28 heavy (non-hydrogen) atoms. The first-order valence-corrected chi connectivity index (χ1v) is 8.90. The number of aliphatic imine (C=N–C) groups is 1. The molecule has 1 atom stereocenters. The van der Waals surface area contributed by atoms with E-state index in [1.54, 1.807) is 35.4 Å². The number of halogens is 1. The molecule has 0 aliphatic heterocycles. The quantitative estimate of drug-likeness (QED) is 0.303. The van der Waals surface area contributed by atoms with Crippen LogP contribution in [0.1, 0.15) is 25.8 Å². The summed E-state index contributed by atoms with van der Waals surface area (Å²) in [6.07, 6.45) is 0.937. The van der Waals surface area contributed by atoms with E-state index in [2.05, 4.69) is 29.5 Å². The third-order valence-electron chi connectivity index (χ3n) is 4.05. The number of amides is 1. The number of nitrogens with one attached hydrogen (secondary N) is 2. The van der Waals surface area contributed by atoms with Gasteiger partial charge in [0, 0.05) is 20.1 Å². The first-order chi connectivity index (χ1) is 12.9. The molecule has 1 amide bonds. The van der Waals surface area contributed by atoms with Crippen LogP contribution in [0.4, 0.5) is 0 Å². The van der Waals surface area contributed by atoms with E-state index in [0.717, 1.165) is 12.0 Å². The van der Waals surface area contributed by atoms with Crippen molar-refractivity contribution in [2.75, 3.05) is 42.0 Å². The number of nitrogens with zero attached hydrogens (tertiary/aromatic N) is 2. The molecule has 2 N–H and O–H groups in total. The Kier molecular flexibility index (Phi) is 12.4. The fraction of sp³-hybridized carbons (Fsp3) is 0.579. The van der Waals surface area contributed by atoms with Crippen LogP contribution in [-0.2, 0) is 11.3 Å². The molecule has 8 nitrogen and oxygen atoms in total. The molecular weight excluding hydrogens is 475 g/mol. The Morgan fingerprint density at radius 1 is 1.14 bits per heavy atom. The number of guanidine groups is 1. The predicted octanol–water partition coefficient (Wildman–Crippen LogP) is 2.25. The maximum Gasteiger partial charge on any atom is 0.241 e. The van der Waals surface area contributed by atoms with Crippen LogP contribution in [0.25, 0.3) is 0 Å². The van der Waals surface area contributed by atoms with Gasteiger partial charge in [0.15, 0.2) is 17.5 Å². The molecule has 0 saturated carbocycles. The fourth-order valence-corrected chi connectivity index (χ4v) is 2.20. The lowest BCUT2D eigenvalue weighted by molar-refractivity contribution is -0.127. The average Bonchev–Trinajstić information content (AvgIpc) is 2.68. The summed E-state index contributed by atoms with van der Waals surface area (Å²) in [7, 11) is 8.17. The van der Waals surface area contributed by atoms with Crippen molar-refractivity contribution in [1.29, 1.82) is 0 Å². The van der Waals surface area contributed by atoms with E-state index in [1.165, 1.54) is 4.90 Å². The lowest BCUT2D eigenvalue weighted by atomic mass is 10.2. The number of ether oxygens (including phenoxy) is 3. The van der Waals surface area contributed by atoms with E-state index in [4.69, 9.17) is 14.2 Å². The van der Waals surface area contributed by atoms with Gasteiger partial charge in [0.05, 0.1) is 34.4 Å². The standard InChI is InChI=1S/C19H32N4O4.HI/c1-8-13(2)22-19(21-12-17(24)23(3)4)20-11-14-9-15(25-5)18(27-7)16(10-14)26-6;/h9-10,13H,8,11-12H2,1-7H3,(H2,20,21,22);1H. The lowest BCUT2D eigenvalue weighted by Crippen LogP contribution is -2.45. The topological polar surface area (TPSA) is 84.4 Å². The summed E-state index contributed by atoms with van der Waals surface area (Å²) >= 11 is 0. The number of rotatable bonds is 9. The molecule has 160 valence electrons. The van der Waals surface area contributed by atoms with Crippen molar-refractivity contribution in [3.63, 3.8) is 0 Å². The van der Waals surface area contributed by atoms with E-state index >= 15 is 0 Å². The summed E-state index contributed by atoms with van der Waals surface area (Å²) < 4.78 is 16.1. The Balaban J connectivity index is 0.00000729. The Hall–Kier alpha value is -1.91. The van der Waals surface area contributed by atoms with Crippen molar-refractivity contribution in [3.8, 4) is 17.2 Å². The van der Waals surface area contributed by atoms with Crippen molar-refractivity contribution in [1.82, 2.24) is 15.5 Å². The van der Waals surface area contributed by atoms with E-state index < -0.39 is 0 Å². The second kappa shape index (κ2) is 13.3. The van der Waals surface area contributed by atoms with Crippen molar-refractivity contribution >= 4 is 35.8 Å². The SMILES string of the molecule is CCC(C)NC(=NCc1cc(OC)c(OC)c(OC)c1)NCC(=O)N(C)C.I. The molecule has 0 aliphatic carbocycles. The van der Waals surface area contributed by atoms with Crippen LogP contribution in [0.2, 0.25) is 0 Å². The molecule has 0 radical (unpaired) electrons. The summed E-state index contributed by atoms with van der Waals surface area (Å²) in [5.74, 6) is 2.25. The van der Waals surface area contributed by atoms with Gasteiger partial charge in [-0.15, -0.1) is 24.0 Å². The molecule has 1 aromatic carbocycles. The summed E-state index contributed by atoms with van der Waals surface area (Å²) in [4.78, 5) is 18.0. The zero-order valence-corrected chi connectivity index (χ0v) is 20.1. The van der Waals surface area contributed by atoms with Crippen molar-refractivity contribution in [3.05, 3.63) is 17.7 Å². The van der Waals surface area contributed by atoms with Crippen LogP contribution in [-0.4, -0.2) is 64.8 Å². The molecule has 0 aliphatic rings. The molecular formula is C19H33IN4O4. The number of hydrogen-bond donors (Lipinski definition) is 2. The van der Waals surface area contributed by atoms with Gasteiger partial charge in [0.1, 0.15) is 0 Å². The second-order valence-electron chi connectivity index (χ2n) is 6.29. The van der Waals surface area contributed by atoms with Gasteiger partial charge in [0.2, 0.25) is 11.7 Å². The molecule has 1 aromatic rings. The van der Waals surface area contributed by atoms with Gasteiger partial charge in [-0.1, -0.05) is 6.92 Å². The van der Waals surface area contributed by atoms with Gasteiger partial charge in [-0.3, -0.25) is 4.79 Å². The summed E-state index contributed by atoms with van der Waals surface area (Å²) in [6.45, 7) is 4.70. The van der Waals surface area contributed by atoms with Crippen LogP contribution in [0.15, 0.2) is 17.1 Å².